The standard InChI is InChI=1S/C8H10N2O.C2H6/c1-3-7-4-8(6(2)11)10-9-5-7;1-2/h4-5H,3H2,1-2H3;1-2H3. The second-order valence-electron chi connectivity index (χ2n) is 2.36. The molecule has 13 heavy (non-hydrogen) atoms. The monoisotopic (exact) mass is 180 g/mol. The Morgan fingerprint density at radius 1 is 1.46 bits per heavy atom. The summed E-state index contributed by atoms with van der Waals surface area (Å²) < 4.78 is 0. The Hall–Kier alpha value is -1.25. The molecular formula is C10H16N2O. The number of hydrogen-bond donors (Lipinski definition) is 0. The minimum atomic E-state index is -0.0344. The lowest BCUT2D eigenvalue weighted by atomic mass is 10.2. The normalized spacial score (nSPS) is 8.62. The van der Waals surface area contributed by atoms with Crippen molar-refractivity contribution in [2.45, 2.75) is 34.1 Å². The van der Waals surface area contributed by atoms with Crippen LogP contribution in [0, 0.1) is 0 Å². The van der Waals surface area contributed by atoms with E-state index in [4.69, 9.17) is 0 Å². The maximum absolute atomic E-state index is 10.8. The zero-order valence-electron chi connectivity index (χ0n) is 8.66. The smallest absolute Gasteiger partial charge is 0.180 e. The minimum absolute atomic E-state index is 0.0344. The molecule has 0 saturated carbocycles. The summed E-state index contributed by atoms with van der Waals surface area (Å²) in [5, 5.41) is 7.39. The van der Waals surface area contributed by atoms with Gasteiger partial charge in [-0.2, -0.15) is 5.10 Å². The van der Waals surface area contributed by atoms with Crippen LogP contribution in [-0.4, -0.2) is 16.0 Å². The van der Waals surface area contributed by atoms with Crippen LogP contribution in [0.5, 0.6) is 0 Å². The zero-order valence-corrected chi connectivity index (χ0v) is 8.66. The third kappa shape index (κ3) is 3.78. The molecule has 0 saturated heterocycles. The zero-order chi connectivity index (χ0) is 10.3. The van der Waals surface area contributed by atoms with Gasteiger partial charge in [0.15, 0.2) is 5.78 Å². The number of aromatic nitrogens is 2. The summed E-state index contributed by atoms with van der Waals surface area (Å²) in [4.78, 5) is 10.8. The molecule has 1 aromatic rings. The van der Waals surface area contributed by atoms with E-state index in [1.165, 1.54) is 6.92 Å². The molecule has 0 spiro atoms. The molecule has 0 aliphatic heterocycles. The van der Waals surface area contributed by atoms with Crippen molar-refractivity contribution in [1.29, 1.82) is 0 Å². The molecule has 0 aromatic carbocycles. The van der Waals surface area contributed by atoms with Gasteiger partial charge < -0.3 is 0 Å². The highest BCUT2D eigenvalue weighted by atomic mass is 16.1. The van der Waals surface area contributed by atoms with Crippen LogP contribution in [0.4, 0.5) is 0 Å². The number of aryl methyl sites for hydroxylation is 1. The second-order valence-corrected chi connectivity index (χ2v) is 2.36. The maximum Gasteiger partial charge on any atom is 0.180 e. The molecule has 0 atom stereocenters. The average Bonchev–Trinajstić information content (AvgIpc) is 2.21. The summed E-state index contributed by atoms with van der Waals surface area (Å²) in [5.74, 6) is -0.0344. The fourth-order valence-corrected chi connectivity index (χ4v) is 0.772. The summed E-state index contributed by atoms with van der Waals surface area (Å²) >= 11 is 0. The van der Waals surface area contributed by atoms with Gasteiger partial charge in [-0.25, -0.2) is 0 Å². The Balaban J connectivity index is 0.000000671. The number of carbonyl (C=O) groups is 1. The maximum atomic E-state index is 10.8. The molecular weight excluding hydrogens is 164 g/mol. The molecule has 1 rings (SSSR count). The predicted octanol–water partition coefficient (Wildman–Crippen LogP) is 2.27. The molecule has 0 aliphatic carbocycles. The minimum Gasteiger partial charge on any atom is -0.293 e. The van der Waals surface area contributed by atoms with Gasteiger partial charge in [-0.3, -0.25) is 4.79 Å². The van der Waals surface area contributed by atoms with Crippen LogP contribution in [0.3, 0.4) is 0 Å². The quantitative estimate of drug-likeness (QED) is 0.656. The van der Waals surface area contributed by atoms with E-state index in [1.54, 1.807) is 12.3 Å². The first-order valence-electron chi connectivity index (χ1n) is 4.56. The Labute approximate surface area is 79.2 Å². The number of nitrogens with zero attached hydrogens (tertiary/aromatic N) is 2. The van der Waals surface area contributed by atoms with Crippen molar-refractivity contribution in [1.82, 2.24) is 10.2 Å². The van der Waals surface area contributed by atoms with Gasteiger partial charge in [-0.1, -0.05) is 20.8 Å². The van der Waals surface area contributed by atoms with Crippen LogP contribution in [-0.2, 0) is 6.42 Å². The summed E-state index contributed by atoms with van der Waals surface area (Å²) in [6.07, 6.45) is 2.56. The van der Waals surface area contributed by atoms with Crippen molar-refractivity contribution in [2.75, 3.05) is 0 Å². The molecule has 0 bridgehead atoms. The van der Waals surface area contributed by atoms with Crippen molar-refractivity contribution >= 4 is 5.78 Å². The highest BCUT2D eigenvalue weighted by Gasteiger charge is 2.00. The first kappa shape index (κ1) is 11.8. The lowest BCUT2D eigenvalue weighted by Gasteiger charge is -1.95. The number of carbonyl (C=O) groups excluding carboxylic acids is 1. The van der Waals surface area contributed by atoms with Gasteiger partial charge >= 0.3 is 0 Å². The van der Waals surface area contributed by atoms with Gasteiger partial charge in [0.25, 0.3) is 0 Å². The molecule has 3 heteroatoms. The third-order valence-electron chi connectivity index (χ3n) is 1.48. The van der Waals surface area contributed by atoms with Crippen LogP contribution in [0.1, 0.15) is 43.7 Å². The van der Waals surface area contributed by atoms with E-state index < -0.39 is 0 Å². The summed E-state index contributed by atoms with van der Waals surface area (Å²) in [5.41, 5.74) is 1.49. The molecule has 0 unspecified atom stereocenters. The molecule has 0 radical (unpaired) electrons. The van der Waals surface area contributed by atoms with Crippen LogP contribution in [0.2, 0.25) is 0 Å². The Bertz CT molecular complexity index is 271. The number of hydrogen-bond acceptors (Lipinski definition) is 3. The highest BCUT2D eigenvalue weighted by Crippen LogP contribution is 2.00. The van der Waals surface area contributed by atoms with E-state index >= 15 is 0 Å². The molecule has 0 fully saturated rings. The highest BCUT2D eigenvalue weighted by molar-refractivity contribution is 5.91. The van der Waals surface area contributed by atoms with Gasteiger partial charge in [0.05, 0.1) is 6.20 Å². The van der Waals surface area contributed by atoms with Crippen molar-refractivity contribution in [3.63, 3.8) is 0 Å². The summed E-state index contributed by atoms with van der Waals surface area (Å²) in [6, 6.07) is 1.77. The lowest BCUT2D eigenvalue weighted by Crippen LogP contribution is -1.99. The molecule has 3 nitrogen and oxygen atoms in total. The van der Waals surface area contributed by atoms with Crippen molar-refractivity contribution in [3.8, 4) is 0 Å². The van der Waals surface area contributed by atoms with Crippen LogP contribution in [0.15, 0.2) is 12.3 Å². The van der Waals surface area contributed by atoms with E-state index in [2.05, 4.69) is 10.2 Å². The van der Waals surface area contributed by atoms with Crippen LogP contribution in [0.25, 0.3) is 0 Å². The average molecular weight is 180 g/mol. The molecule has 0 aliphatic rings. The molecule has 1 aromatic heterocycles. The molecule has 0 N–H and O–H groups in total. The predicted molar refractivity (Wildman–Crippen MR) is 52.8 cm³/mol. The number of Topliss-reactive ketones (excluding diaryl/α,β-unsaturated/α-hetero) is 1. The van der Waals surface area contributed by atoms with Gasteiger partial charge in [-0.05, 0) is 18.1 Å². The fraction of sp³-hybridized carbons (Fsp3) is 0.500. The van der Waals surface area contributed by atoms with E-state index in [0.717, 1.165) is 12.0 Å². The van der Waals surface area contributed by atoms with E-state index in [1.807, 2.05) is 20.8 Å². The van der Waals surface area contributed by atoms with E-state index in [9.17, 15) is 4.79 Å². The first-order valence-corrected chi connectivity index (χ1v) is 4.56. The molecule has 0 amide bonds. The number of ketones is 1. The molecule has 1 heterocycles. The largest absolute Gasteiger partial charge is 0.293 e. The van der Waals surface area contributed by atoms with Gasteiger partial charge in [0, 0.05) is 6.92 Å². The van der Waals surface area contributed by atoms with Gasteiger partial charge in [0.2, 0.25) is 0 Å². The SMILES string of the molecule is CC.CCc1cnnc(C(C)=O)c1. The van der Waals surface area contributed by atoms with Gasteiger partial charge in [0.1, 0.15) is 5.69 Å². The third-order valence-corrected chi connectivity index (χ3v) is 1.48. The van der Waals surface area contributed by atoms with Crippen molar-refractivity contribution in [3.05, 3.63) is 23.5 Å². The van der Waals surface area contributed by atoms with Crippen LogP contribution >= 0.6 is 0 Å². The van der Waals surface area contributed by atoms with Gasteiger partial charge in [-0.15, -0.1) is 5.10 Å². The fourth-order valence-electron chi connectivity index (χ4n) is 0.772. The van der Waals surface area contributed by atoms with Crippen molar-refractivity contribution < 1.29 is 4.79 Å². The Morgan fingerprint density at radius 2 is 2.08 bits per heavy atom. The second kappa shape index (κ2) is 6.29. The van der Waals surface area contributed by atoms with Crippen LogP contribution < -0.4 is 0 Å². The van der Waals surface area contributed by atoms with E-state index in [-0.39, 0.29) is 5.78 Å². The number of rotatable bonds is 2. The lowest BCUT2D eigenvalue weighted by molar-refractivity contribution is 0.101. The summed E-state index contributed by atoms with van der Waals surface area (Å²) in [7, 11) is 0. The summed E-state index contributed by atoms with van der Waals surface area (Å²) in [6.45, 7) is 7.50. The van der Waals surface area contributed by atoms with Crippen molar-refractivity contribution in [2.24, 2.45) is 0 Å². The molecule has 72 valence electrons. The topological polar surface area (TPSA) is 42.9 Å². The van der Waals surface area contributed by atoms with E-state index in [0.29, 0.717) is 5.69 Å². The Morgan fingerprint density at radius 3 is 2.54 bits per heavy atom. The Kier molecular flexibility index (Phi) is 5.68. The first-order chi connectivity index (χ1) is 6.24.